The summed E-state index contributed by atoms with van der Waals surface area (Å²) in [5, 5.41) is 0. The Hall–Kier alpha value is -0.260. The second-order valence-corrected chi connectivity index (χ2v) is 6.23. The largest absolute Gasteiger partial charge is 0.0848 e. The first kappa shape index (κ1) is 12.2. The Kier molecular flexibility index (Phi) is 3.77. The third kappa shape index (κ3) is 2.21. The number of fused-ring (bicyclic) bond motifs is 2. The number of hydrogen-bond acceptors (Lipinski definition) is 0. The van der Waals surface area contributed by atoms with Crippen molar-refractivity contribution in [1.82, 2.24) is 0 Å². The average Bonchev–Trinajstić information content (AvgIpc) is 2.91. The van der Waals surface area contributed by atoms with Gasteiger partial charge < -0.3 is 0 Å². The normalized spacial score (nSPS) is 34.0. The molecule has 92 valence electrons. The molecule has 0 aliphatic heterocycles. The van der Waals surface area contributed by atoms with E-state index in [1.165, 1.54) is 51.4 Å². The summed E-state index contributed by atoms with van der Waals surface area (Å²) in [5.41, 5.74) is 2.40. The van der Waals surface area contributed by atoms with Crippen LogP contribution in [-0.4, -0.2) is 0 Å². The lowest BCUT2D eigenvalue weighted by atomic mass is 9.77. The van der Waals surface area contributed by atoms with E-state index in [9.17, 15) is 0 Å². The van der Waals surface area contributed by atoms with Gasteiger partial charge in [-0.2, -0.15) is 0 Å². The molecule has 0 nitrogen and oxygen atoms in total. The smallest absolute Gasteiger partial charge is 0.00880 e. The van der Waals surface area contributed by atoms with Crippen molar-refractivity contribution in [3.63, 3.8) is 0 Å². The van der Waals surface area contributed by atoms with Crippen LogP contribution in [0, 0.1) is 17.3 Å². The first-order chi connectivity index (χ1) is 7.70. The summed E-state index contributed by atoms with van der Waals surface area (Å²) in [5.74, 6) is 2.00. The van der Waals surface area contributed by atoms with Crippen molar-refractivity contribution in [3.8, 4) is 0 Å². The molecular formula is C16H28. The van der Waals surface area contributed by atoms with Crippen LogP contribution in [-0.2, 0) is 0 Å². The molecule has 0 atom stereocenters. The molecule has 2 rings (SSSR count). The predicted molar refractivity (Wildman–Crippen MR) is 71.5 cm³/mol. The Morgan fingerprint density at radius 3 is 2.31 bits per heavy atom. The lowest BCUT2D eigenvalue weighted by Gasteiger charge is -2.28. The molecule has 0 heteroatoms. The molecule has 0 amide bonds. The molecule has 0 aromatic carbocycles. The SMILES string of the molecule is CCC(CC)CC=C(C)C12CCC(CC1)C2. The van der Waals surface area contributed by atoms with Crippen LogP contribution in [0.4, 0.5) is 0 Å². The van der Waals surface area contributed by atoms with Gasteiger partial charge in [0.15, 0.2) is 0 Å². The van der Waals surface area contributed by atoms with Crippen LogP contribution in [0.25, 0.3) is 0 Å². The van der Waals surface area contributed by atoms with Crippen LogP contribution < -0.4 is 0 Å². The molecule has 2 aliphatic rings. The predicted octanol–water partition coefficient (Wildman–Crippen LogP) is 5.34. The van der Waals surface area contributed by atoms with E-state index in [1.807, 2.05) is 0 Å². The highest BCUT2D eigenvalue weighted by atomic mass is 14.5. The molecule has 0 spiro atoms. The maximum Gasteiger partial charge on any atom is -0.00880 e. The van der Waals surface area contributed by atoms with Gasteiger partial charge in [0.2, 0.25) is 0 Å². The van der Waals surface area contributed by atoms with E-state index in [2.05, 4.69) is 26.8 Å². The van der Waals surface area contributed by atoms with Gasteiger partial charge in [-0.05, 0) is 62.7 Å². The lowest BCUT2D eigenvalue weighted by Crippen LogP contribution is -2.15. The number of rotatable bonds is 5. The fourth-order valence-electron chi connectivity index (χ4n) is 3.93. The van der Waals surface area contributed by atoms with Crippen LogP contribution in [0.3, 0.4) is 0 Å². The lowest BCUT2D eigenvalue weighted by molar-refractivity contribution is 0.356. The van der Waals surface area contributed by atoms with Crippen molar-refractivity contribution in [2.45, 2.75) is 72.1 Å². The van der Waals surface area contributed by atoms with E-state index < -0.39 is 0 Å². The summed E-state index contributed by atoms with van der Waals surface area (Å²) in [7, 11) is 0. The molecule has 0 heterocycles. The fourth-order valence-corrected chi connectivity index (χ4v) is 3.93. The Labute approximate surface area is 102 Å². The second-order valence-electron chi connectivity index (χ2n) is 6.23. The van der Waals surface area contributed by atoms with Gasteiger partial charge in [0, 0.05) is 0 Å². The molecule has 16 heavy (non-hydrogen) atoms. The van der Waals surface area contributed by atoms with Gasteiger partial charge in [-0.1, -0.05) is 38.3 Å². The fraction of sp³-hybridized carbons (Fsp3) is 0.875. The van der Waals surface area contributed by atoms with E-state index in [-0.39, 0.29) is 0 Å². The average molecular weight is 220 g/mol. The maximum atomic E-state index is 2.59. The summed E-state index contributed by atoms with van der Waals surface area (Å²) in [4.78, 5) is 0. The second kappa shape index (κ2) is 4.94. The van der Waals surface area contributed by atoms with Crippen molar-refractivity contribution < 1.29 is 0 Å². The Balaban J connectivity index is 1.96. The van der Waals surface area contributed by atoms with Gasteiger partial charge in [-0.25, -0.2) is 0 Å². The summed E-state index contributed by atoms with van der Waals surface area (Å²) in [6, 6.07) is 0. The molecule has 0 aromatic heterocycles. The molecule has 0 N–H and O–H groups in total. The molecule has 2 aliphatic carbocycles. The summed E-state index contributed by atoms with van der Waals surface area (Å²) in [6.07, 6.45) is 14.1. The first-order valence-electron chi connectivity index (χ1n) is 7.37. The monoisotopic (exact) mass is 220 g/mol. The Morgan fingerprint density at radius 1 is 1.25 bits per heavy atom. The van der Waals surface area contributed by atoms with E-state index in [1.54, 1.807) is 5.57 Å². The molecule has 0 unspecified atom stereocenters. The van der Waals surface area contributed by atoms with Crippen molar-refractivity contribution >= 4 is 0 Å². The molecule has 0 saturated heterocycles. The first-order valence-corrected chi connectivity index (χ1v) is 7.37. The molecular weight excluding hydrogens is 192 g/mol. The van der Waals surface area contributed by atoms with Crippen LogP contribution in [0.1, 0.15) is 72.1 Å². The molecule has 0 radical (unpaired) electrons. The third-order valence-electron chi connectivity index (χ3n) is 5.49. The molecule has 2 bridgehead atoms. The zero-order valence-electron chi connectivity index (χ0n) is 11.4. The van der Waals surface area contributed by atoms with Crippen molar-refractivity contribution in [2.24, 2.45) is 17.3 Å². The topological polar surface area (TPSA) is 0 Å². The van der Waals surface area contributed by atoms with E-state index in [0.717, 1.165) is 11.8 Å². The van der Waals surface area contributed by atoms with Gasteiger partial charge in [-0.15, -0.1) is 0 Å². The van der Waals surface area contributed by atoms with Crippen LogP contribution >= 0.6 is 0 Å². The summed E-state index contributed by atoms with van der Waals surface area (Å²) >= 11 is 0. The van der Waals surface area contributed by atoms with Crippen molar-refractivity contribution in [3.05, 3.63) is 11.6 Å². The van der Waals surface area contributed by atoms with Gasteiger partial charge in [0.1, 0.15) is 0 Å². The van der Waals surface area contributed by atoms with Gasteiger partial charge in [0.05, 0.1) is 0 Å². The highest BCUT2D eigenvalue weighted by Crippen LogP contribution is 2.57. The van der Waals surface area contributed by atoms with Gasteiger partial charge in [-0.3, -0.25) is 0 Å². The van der Waals surface area contributed by atoms with Crippen LogP contribution in [0.15, 0.2) is 11.6 Å². The van der Waals surface area contributed by atoms with Gasteiger partial charge in [0.25, 0.3) is 0 Å². The standard InChI is InChI=1S/C16H28/c1-4-14(5-2)7-6-13(3)16-10-8-15(12-16)9-11-16/h6,14-15H,4-5,7-12H2,1-3H3. The van der Waals surface area contributed by atoms with Crippen molar-refractivity contribution in [2.75, 3.05) is 0 Å². The zero-order chi connectivity index (χ0) is 11.6. The van der Waals surface area contributed by atoms with Gasteiger partial charge >= 0.3 is 0 Å². The molecule has 2 saturated carbocycles. The molecule has 0 aromatic rings. The third-order valence-corrected chi connectivity index (χ3v) is 5.49. The highest BCUT2D eigenvalue weighted by molar-refractivity contribution is 5.18. The quantitative estimate of drug-likeness (QED) is 0.549. The minimum atomic E-state index is 0.663. The van der Waals surface area contributed by atoms with E-state index in [0.29, 0.717) is 5.41 Å². The maximum absolute atomic E-state index is 2.59. The Bertz CT molecular complexity index is 249. The Morgan fingerprint density at radius 2 is 1.88 bits per heavy atom. The summed E-state index contributed by atoms with van der Waals surface area (Å²) in [6.45, 7) is 7.07. The highest BCUT2D eigenvalue weighted by Gasteiger charge is 2.45. The minimum absolute atomic E-state index is 0.663. The number of allylic oxidation sites excluding steroid dienone is 2. The zero-order valence-corrected chi connectivity index (χ0v) is 11.4. The van der Waals surface area contributed by atoms with E-state index >= 15 is 0 Å². The van der Waals surface area contributed by atoms with Crippen LogP contribution in [0.5, 0.6) is 0 Å². The van der Waals surface area contributed by atoms with Crippen molar-refractivity contribution in [1.29, 1.82) is 0 Å². The molecule has 2 fully saturated rings. The van der Waals surface area contributed by atoms with Crippen LogP contribution in [0.2, 0.25) is 0 Å². The minimum Gasteiger partial charge on any atom is -0.0848 e. The number of hydrogen-bond donors (Lipinski definition) is 0. The summed E-state index contributed by atoms with van der Waals surface area (Å²) < 4.78 is 0. The van der Waals surface area contributed by atoms with E-state index in [4.69, 9.17) is 0 Å².